The maximum atomic E-state index is 15.0. The van der Waals surface area contributed by atoms with Gasteiger partial charge in [-0.1, -0.05) is 19.1 Å². The van der Waals surface area contributed by atoms with Crippen LogP contribution in [-0.2, 0) is 16.4 Å². The van der Waals surface area contributed by atoms with E-state index in [0.29, 0.717) is 36.4 Å². The second-order valence-electron chi connectivity index (χ2n) is 7.78. The number of aromatic nitrogens is 1. The van der Waals surface area contributed by atoms with Crippen molar-refractivity contribution in [3.8, 4) is 0 Å². The van der Waals surface area contributed by atoms with E-state index in [0.717, 1.165) is 12.0 Å². The van der Waals surface area contributed by atoms with Crippen LogP contribution in [-0.4, -0.2) is 26.1 Å². The molecule has 0 aliphatic rings. The molecule has 3 aromatic rings. The molecule has 0 fully saturated rings. The van der Waals surface area contributed by atoms with E-state index in [1.165, 1.54) is 12.3 Å². The second-order valence-corrected chi connectivity index (χ2v) is 9.67. The third kappa shape index (κ3) is 4.11. The van der Waals surface area contributed by atoms with Crippen LogP contribution in [0.4, 0.5) is 10.1 Å². The lowest BCUT2D eigenvalue weighted by atomic mass is 10.1. The number of aryl methyl sites for hydroxylation is 3. The zero-order valence-corrected chi connectivity index (χ0v) is 19.5. The Morgan fingerprint density at radius 2 is 1.68 bits per heavy atom. The monoisotopic (exact) mass is 444 g/mol. The molecule has 5 nitrogen and oxygen atoms in total. The van der Waals surface area contributed by atoms with Crippen molar-refractivity contribution in [2.24, 2.45) is 0 Å². The first-order chi connectivity index (χ1) is 14.6. The molecule has 1 heterocycles. The number of rotatable bonds is 7. The van der Waals surface area contributed by atoms with Gasteiger partial charge >= 0.3 is 0 Å². The Hall–Kier alpha value is -2.67. The highest BCUT2D eigenvalue weighted by Crippen LogP contribution is 2.28. The molecule has 0 unspecified atom stereocenters. The van der Waals surface area contributed by atoms with Gasteiger partial charge in [0.15, 0.2) is 0 Å². The molecule has 3 rings (SSSR count). The summed E-state index contributed by atoms with van der Waals surface area (Å²) in [7, 11) is -4.07. The average molecular weight is 445 g/mol. The third-order valence-corrected chi connectivity index (χ3v) is 7.50. The van der Waals surface area contributed by atoms with E-state index >= 15 is 0 Å². The summed E-state index contributed by atoms with van der Waals surface area (Å²) in [6, 6.07) is 7.96. The fourth-order valence-electron chi connectivity index (χ4n) is 3.91. The number of benzene rings is 2. The number of fused-ring (bicyclic) bond motifs is 1. The standard InChI is InChI=1S/C24H29FN2O3S/c1-6-11-27-15-23(31(29,30)22-12-16(4)9-10-17(22)5)24(28)18-13-19(25)21(14-20(18)27)26(7-2)8-3/h9-10,12-15H,6-8,11H2,1-5H3. The highest BCUT2D eigenvalue weighted by molar-refractivity contribution is 7.91. The lowest BCUT2D eigenvalue weighted by molar-refractivity contribution is 0.591. The summed E-state index contributed by atoms with van der Waals surface area (Å²) in [5.74, 6) is -0.530. The molecule has 0 atom stereocenters. The van der Waals surface area contributed by atoms with Crippen molar-refractivity contribution >= 4 is 26.4 Å². The van der Waals surface area contributed by atoms with Gasteiger partial charge in [0, 0.05) is 25.8 Å². The van der Waals surface area contributed by atoms with Gasteiger partial charge in [0.1, 0.15) is 10.7 Å². The van der Waals surface area contributed by atoms with Crippen LogP contribution >= 0.6 is 0 Å². The van der Waals surface area contributed by atoms with Crippen molar-refractivity contribution in [1.82, 2.24) is 4.57 Å². The minimum Gasteiger partial charge on any atom is -0.370 e. The molecule has 0 aliphatic heterocycles. The Bertz CT molecular complexity index is 1290. The number of anilines is 1. The largest absolute Gasteiger partial charge is 0.370 e. The predicted molar refractivity (Wildman–Crippen MR) is 123 cm³/mol. The molecule has 0 spiro atoms. The number of hydrogen-bond donors (Lipinski definition) is 0. The van der Waals surface area contributed by atoms with Gasteiger partial charge in [-0.25, -0.2) is 12.8 Å². The van der Waals surface area contributed by atoms with E-state index in [2.05, 4.69) is 0 Å². The van der Waals surface area contributed by atoms with Crippen LogP contribution in [0.2, 0.25) is 0 Å². The SMILES string of the molecule is CCCn1cc(S(=O)(=O)c2cc(C)ccc2C)c(=O)c2cc(F)c(N(CC)CC)cc21. The maximum absolute atomic E-state index is 15.0. The molecule has 0 saturated carbocycles. The topological polar surface area (TPSA) is 59.4 Å². The van der Waals surface area contributed by atoms with Crippen LogP contribution in [0.5, 0.6) is 0 Å². The van der Waals surface area contributed by atoms with E-state index in [9.17, 15) is 17.6 Å². The summed E-state index contributed by atoms with van der Waals surface area (Å²) in [4.78, 5) is 15.0. The van der Waals surface area contributed by atoms with Crippen LogP contribution in [0, 0.1) is 19.7 Å². The summed E-state index contributed by atoms with van der Waals surface area (Å²) >= 11 is 0. The summed E-state index contributed by atoms with van der Waals surface area (Å²) in [5.41, 5.74) is 1.62. The van der Waals surface area contributed by atoms with Crippen molar-refractivity contribution in [2.45, 2.75) is 57.4 Å². The molecule has 31 heavy (non-hydrogen) atoms. The smallest absolute Gasteiger partial charge is 0.212 e. The van der Waals surface area contributed by atoms with Crippen LogP contribution < -0.4 is 10.3 Å². The molecule has 0 saturated heterocycles. The zero-order chi connectivity index (χ0) is 22.9. The summed E-state index contributed by atoms with van der Waals surface area (Å²) in [6.07, 6.45) is 2.15. The molecule has 2 aromatic carbocycles. The number of sulfone groups is 1. The Balaban J connectivity index is 2.37. The van der Waals surface area contributed by atoms with Crippen molar-refractivity contribution in [2.75, 3.05) is 18.0 Å². The number of hydrogen-bond acceptors (Lipinski definition) is 4. The molecule has 1 aromatic heterocycles. The summed E-state index contributed by atoms with van der Waals surface area (Å²) in [5, 5.41) is 0.0771. The Morgan fingerprint density at radius 1 is 1.00 bits per heavy atom. The number of nitrogens with zero attached hydrogens (tertiary/aromatic N) is 2. The number of halogens is 1. The van der Waals surface area contributed by atoms with E-state index in [4.69, 9.17) is 0 Å². The summed E-state index contributed by atoms with van der Waals surface area (Å²) in [6.45, 7) is 11.1. The van der Waals surface area contributed by atoms with Gasteiger partial charge in [0.05, 0.1) is 21.5 Å². The lowest BCUT2D eigenvalue weighted by Crippen LogP contribution is -2.24. The normalized spacial score (nSPS) is 11.8. The van der Waals surface area contributed by atoms with Gasteiger partial charge in [-0.3, -0.25) is 4.79 Å². The fourth-order valence-corrected chi connectivity index (χ4v) is 5.60. The average Bonchev–Trinajstić information content (AvgIpc) is 2.73. The first-order valence-corrected chi connectivity index (χ1v) is 12.1. The highest BCUT2D eigenvalue weighted by atomic mass is 32.2. The van der Waals surface area contributed by atoms with Gasteiger partial charge in [0.2, 0.25) is 15.3 Å². The first kappa shape index (κ1) is 23.0. The van der Waals surface area contributed by atoms with E-state index in [1.54, 1.807) is 36.6 Å². The van der Waals surface area contributed by atoms with Crippen LogP contribution in [0.3, 0.4) is 0 Å². The molecular weight excluding hydrogens is 415 g/mol. The second kappa shape index (κ2) is 8.83. The fraction of sp³-hybridized carbons (Fsp3) is 0.375. The van der Waals surface area contributed by atoms with E-state index in [1.807, 2.05) is 31.7 Å². The van der Waals surface area contributed by atoms with Crippen LogP contribution in [0.1, 0.15) is 38.3 Å². The molecular formula is C24H29FN2O3S. The quantitative estimate of drug-likeness (QED) is 0.523. The Kier molecular flexibility index (Phi) is 6.55. The van der Waals surface area contributed by atoms with Gasteiger partial charge in [-0.2, -0.15) is 0 Å². The maximum Gasteiger partial charge on any atom is 0.212 e. The van der Waals surface area contributed by atoms with Crippen molar-refractivity contribution in [3.63, 3.8) is 0 Å². The summed E-state index contributed by atoms with van der Waals surface area (Å²) < 4.78 is 43.7. The molecule has 0 N–H and O–H groups in total. The van der Waals surface area contributed by atoms with E-state index in [-0.39, 0.29) is 15.2 Å². The van der Waals surface area contributed by atoms with Gasteiger partial charge in [-0.15, -0.1) is 0 Å². The Morgan fingerprint density at radius 3 is 2.29 bits per heavy atom. The molecule has 7 heteroatoms. The predicted octanol–water partition coefficient (Wildman–Crippen LogP) is 4.85. The van der Waals surface area contributed by atoms with Crippen LogP contribution in [0.15, 0.2) is 51.1 Å². The van der Waals surface area contributed by atoms with Gasteiger partial charge < -0.3 is 9.47 Å². The lowest BCUT2D eigenvalue weighted by Gasteiger charge is -2.23. The van der Waals surface area contributed by atoms with Crippen LogP contribution in [0.25, 0.3) is 10.9 Å². The zero-order valence-electron chi connectivity index (χ0n) is 18.7. The van der Waals surface area contributed by atoms with Gasteiger partial charge in [-0.05, 0) is 63.4 Å². The third-order valence-electron chi connectivity index (χ3n) is 5.61. The minimum atomic E-state index is -4.07. The molecule has 0 aliphatic carbocycles. The molecule has 166 valence electrons. The highest BCUT2D eigenvalue weighted by Gasteiger charge is 2.26. The Labute approximate surface area is 183 Å². The molecule has 0 amide bonds. The number of pyridine rings is 1. The van der Waals surface area contributed by atoms with E-state index < -0.39 is 21.1 Å². The van der Waals surface area contributed by atoms with Crippen molar-refractivity contribution in [1.29, 1.82) is 0 Å². The van der Waals surface area contributed by atoms with Crippen molar-refractivity contribution in [3.05, 3.63) is 63.7 Å². The molecule has 0 radical (unpaired) electrons. The minimum absolute atomic E-state index is 0.0771. The van der Waals surface area contributed by atoms with Crippen molar-refractivity contribution < 1.29 is 12.8 Å². The molecule has 0 bridgehead atoms. The van der Waals surface area contributed by atoms with Gasteiger partial charge in [0.25, 0.3) is 0 Å². The first-order valence-electron chi connectivity index (χ1n) is 10.6.